The highest BCUT2D eigenvalue weighted by Gasteiger charge is 2.47. The number of hydrogen-bond donors (Lipinski definition) is 0. The minimum Gasteiger partial charge on any atom is -0.295 e. The Morgan fingerprint density at radius 1 is 1.33 bits per heavy atom. The van der Waals surface area contributed by atoms with Crippen LogP contribution in [-0.2, 0) is 4.79 Å². The summed E-state index contributed by atoms with van der Waals surface area (Å²) in [7, 11) is 0. The van der Waals surface area contributed by atoms with E-state index in [0.717, 1.165) is 24.7 Å². The molecule has 0 aromatic rings. The van der Waals surface area contributed by atoms with Gasteiger partial charge in [0.25, 0.3) is 0 Å². The lowest BCUT2D eigenvalue weighted by atomic mass is 9.58. The first-order chi connectivity index (χ1) is 10.1. The topological polar surface area (TPSA) is 17.1 Å². The van der Waals surface area contributed by atoms with Crippen LogP contribution in [0.3, 0.4) is 0 Å². The number of rotatable bonds is 1. The number of carbonyl (C=O) groups excluding carboxylic acids is 1. The molecule has 1 unspecified atom stereocenters. The normalized spacial score (nSPS) is 41.5. The van der Waals surface area contributed by atoms with Gasteiger partial charge in [0.2, 0.25) is 0 Å². The Kier molecular flexibility index (Phi) is 3.03. The van der Waals surface area contributed by atoms with Crippen LogP contribution in [0.25, 0.3) is 0 Å². The summed E-state index contributed by atoms with van der Waals surface area (Å²) in [5.74, 6) is 2.57. The van der Waals surface area contributed by atoms with E-state index in [4.69, 9.17) is 0 Å². The summed E-state index contributed by atoms with van der Waals surface area (Å²) in [4.78, 5) is 11.9. The van der Waals surface area contributed by atoms with E-state index in [1.54, 1.807) is 11.1 Å². The molecule has 0 heterocycles. The summed E-state index contributed by atoms with van der Waals surface area (Å²) in [5, 5.41) is 0. The van der Waals surface area contributed by atoms with Gasteiger partial charge in [-0.15, -0.1) is 0 Å². The van der Waals surface area contributed by atoms with E-state index in [-0.39, 0.29) is 0 Å². The van der Waals surface area contributed by atoms with Crippen LogP contribution in [0.5, 0.6) is 0 Å². The van der Waals surface area contributed by atoms with Crippen molar-refractivity contribution in [1.82, 2.24) is 0 Å². The molecule has 0 spiro atoms. The molecule has 21 heavy (non-hydrogen) atoms. The molecule has 4 aliphatic carbocycles. The van der Waals surface area contributed by atoms with Crippen molar-refractivity contribution in [2.75, 3.05) is 0 Å². The Hall–Kier alpha value is -1.11. The highest BCUT2D eigenvalue weighted by molar-refractivity contribution is 5.93. The van der Waals surface area contributed by atoms with E-state index in [0.29, 0.717) is 17.1 Å². The SMILES string of the molecule is CCC1C[C@@H]2C(=C3CCC(=O)C=C31)C=C[C@]1(C)CCC[C@@H]21. The largest absolute Gasteiger partial charge is 0.295 e. The molecule has 0 aliphatic heterocycles. The van der Waals surface area contributed by atoms with Crippen LogP contribution in [-0.4, -0.2) is 5.78 Å². The van der Waals surface area contributed by atoms with Gasteiger partial charge < -0.3 is 0 Å². The van der Waals surface area contributed by atoms with Gasteiger partial charge in [-0.25, -0.2) is 0 Å². The van der Waals surface area contributed by atoms with Crippen LogP contribution in [0.4, 0.5) is 0 Å². The fourth-order valence-corrected chi connectivity index (χ4v) is 5.54. The van der Waals surface area contributed by atoms with Gasteiger partial charge in [0.1, 0.15) is 0 Å². The number of hydrogen-bond acceptors (Lipinski definition) is 1. The molecule has 0 aromatic carbocycles. The van der Waals surface area contributed by atoms with E-state index in [2.05, 4.69) is 26.0 Å². The van der Waals surface area contributed by atoms with E-state index < -0.39 is 0 Å². The Bertz CT molecular complexity index is 577. The molecule has 4 atom stereocenters. The lowest BCUT2D eigenvalue weighted by molar-refractivity contribution is -0.114. The Morgan fingerprint density at radius 3 is 3.00 bits per heavy atom. The molecular formula is C20H26O. The van der Waals surface area contributed by atoms with Gasteiger partial charge in [0, 0.05) is 6.42 Å². The molecule has 0 N–H and O–H groups in total. The summed E-state index contributed by atoms with van der Waals surface area (Å²) in [6.45, 7) is 4.76. The minimum atomic E-state index is 0.344. The van der Waals surface area contributed by atoms with Gasteiger partial charge in [0.05, 0.1) is 0 Å². The first kappa shape index (κ1) is 13.5. The van der Waals surface area contributed by atoms with E-state index in [1.165, 1.54) is 37.7 Å². The molecule has 0 aromatic heterocycles. The van der Waals surface area contributed by atoms with Gasteiger partial charge in [-0.1, -0.05) is 32.4 Å². The van der Waals surface area contributed by atoms with Crippen molar-refractivity contribution in [3.05, 3.63) is 34.9 Å². The van der Waals surface area contributed by atoms with Crippen LogP contribution in [0.15, 0.2) is 34.9 Å². The quantitative estimate of drug-likeness (QED) is 0.662. The predicted molar refractivity (Wildman–Crippen MR) is 85.8 cm³/mol. The molecule has 0 amide bonds. The molecule has 112 valence electrons. The number of allylic oxidation sites excluding steroid dienone is 6. The maximum Gasteiger partial charge on any atom is 0.156 e. The second-order valence-corrected chi connectivity index (χ2v) is 7.79. The summed E-state index contributed by atoms with van der Waals surface area (Å²) < 4.78 is 0. The highest BCUT2D eigenvalue weighted by Crippen LogP contribution is 2.58. The number of ketones is 1. The summed E-state index contributed by atoms with van der Waals surface area (Å²) >= 11 is 0. The average molecular weight is 282 g/mol. The zero-order valence-corrected chi connectivity index (χ0v) is 13.3. The molecule has 0 bridgehead atoms. The Balaban J connectivity index is 1.84. The molecule has 1 saturated carbocycles. The van der Waals surface area contributed by atoms with Crippen molar-refractivity contribution in [2.24, 2.45) is 23.2 Å². The minimum absolute atomic E-state index is 0.344. The van der Waals surface area contributed by atoms with E-state index >= 15 is 0 Å². The lowest BCUT2D eigenvalue weighted by Gasteiger charge is -2.46. The van der Waals surface area contributed by atoms with Crippen molar-refractivity contribution in [1.29, 1.82) is 0 Å². The summed E-state index contributed by atoms with van der Waals surface area (Å²) in [6.07, 6.45) is 15.2. The highest BCUT2D eigenvalue weighted by atomic mass is 16.1. The number of fused-ring (bicyclic) bond motifs is 4. The fraction of sp³-hybridized carbons (Fsp3) is 0.650. The van der Waals surface area contributed by atoms with Crippen molar-refractivity contribution < 1.29 is 4.79 Å². The lowest BCUT2D eigenvalue weighted by Crippen LogP contribution is -2.36. The molecule has 4 rings (SSSR count). The van der Waals surface area contributed by atoms with Crippen molar-refractivity contribution in [3.8, 4) is 0 Å². The second kappa shape index (κ2) is 4.69. The van der Waals surface area contributed by atoms with Gasteiger partial charge in [-0.3, -0.25) is 4.79 Å². The standard InChI is InChI=1S/C20H26O/c1-3-13-11-18-16(15-7-6-14(21)12-17(13)15)8-10-20(2)9-4-5-19(18)20/h8,10,12-13,18-19H,3-7,9,11H2,1-2H3/t13?,18-,19+,20+/m1/s1. The zero-order chi connectivity index (χ0) is 14.6. The average Bonchev–Trinajstić information content (AvgIpc) is 2.88. The van der Waals surface area contributed by atoms with Crippen LogP contribution < -0.4 is 0 Å². The smallest absolute Gasteiger partial charge is 0.156 e. The molecule has 0 radical (unpaired) electrons. The third-order valence-electron chi connectivity index (χ3n) is 6.71. The Morgan fingerprint density at radius 2 is 2.19 bits per heavy atom. The van der Waals surface area contributed by atoms with E-state index in [9.17, 15) is 4.79 Å². The monoisotopic (exact) mass is 282 g/mol. The van der Waals surface area contributed by atoms with Crippen LogP contribution in [0.1, 0.15) is 58.8 Å². The predicted octanol–water partition coefficient (Wildman–Crippen LogP) is 4.99. The zero-order valence-electron chi connectivity index (χ0n) is 13.3. The van der Waals surface area contributed by atoms with Gasteiger partial charge in [-0.05, 0) is 78.1 Å². The second-order valence-electron chi connectivity index (χ2n) is 7.79. The first-order valence-corrected chi connectivity index (χ1v) is 8.79. The van der Waals surface area contributed by atoms with Crippen LogP contribution in [0.2, 0.25) is 0 Å². The maximum absolute atomic E-state index is 11.9. The van der Waals surface area contributed by atoms with Crippen molar-refractivity contribution in [2.45, 2.75) is 58.8 Å². The molecule has 1 heteroatoms. The third-order valence-corrected chi connectivity index (χ3v) is 6.71. The van der Waals surface area contributed by atoms with E-state index in [1.807, 2.05) is 6.08 Å². The summed E-state index contributed by atoms with van der Waals surface area (Å²) in [6, 6.07) is 0. The maximum atomic E-state index is 11.9. The van der Waals surface area contributed by atoms with Gasteiger partial charge in [0.15, 0.2) is 5.78 Å². The van der Waals surface area contributed by atoms with Gasteiger partial charge >= 0.3 is 0 Å². The molecule has 4 aliphatic rings. The molecular weight excluding hydrogens is 256 g/mol. The number of carbonyl (C=O) groups is 1. The fourth-order valence-electron chi connectivity index (χ4n) is 5.54. The summed E-state index contributed by atoms with van der Waals surface area (Å²) in [5.41, 5.74) is 4.98. The third kappa shape index (κ3) is 1.93. The van der Waals surface area contributed by atoms with Crippen molar-refractivity contribution >= 4 is 5.78 Å². The van der Waals surface area contributed by atoms with Crippen LogP contribution >= 0.6 is 0 Å². The first-order valence-electron chi connectivity index (χ1n) is 8.79. The van der Waals surface area contributed by atoms with Crippen LogP contribution in [0, 0.1) is 23.2 Å². The molecule has 1 nitrogen and oxygen atoms in total. The van der Waals surface area contributed by atoms with Gasteiger partial charge in [-0.2, -0.15) is 0 Å². The molecule has 1 fully saturated rings. The van der Waals surface area contributed by atoms with Crippen molar-refractivity contribution in [3.63, 3.8) is 0 Å². The Labute approximate surface area is 128 Å². The molecule has 0 saturated heterocycles.